The molecule has 0 bridgehead atoms. The molecule has 0 amide bonds. The molecule has 2 heteroatoms. The summed E-state index contributed by atoms with van der Waals surface area (Å²) in [5.74, 6) is -0.0974. The summed E-state index contributed by atoms with van der Waals surface area (Å²) in [6.45, 7) is 3.99. The minimum Gasteiger partial charge on any atom is -0.294 e. The van der Waals surface area contributed by atoms with Gasteiger partial charge in [0, 0.05) is 6.42 Å². The third-order valence-electron chi connectivity index (χ3n) is 2.99. The molecule has 74 valence electrons. The Hall–Kier alpha value is -1.18. The first-order valence-corrected chi connectivity index (χ1v) is 4.93. The quantitative estimate of drug-likeness (QED) is 0.616. The van der Waals surface area contributed by atoms with Crippen molar-refractivity contribution in [1.29, 1.82) is 0 Å². The van der Waals surface area contributed by atoms with E-state index in [9.17, 15) is 9.18 Å². The van der Waals surface area contributed by atoms with Crippen molar-refractivity contribution in [2.24, 2.45) is 0 Å². The lowest BCUT2D eigenvalue weighted by atomic mass is 9.80. The number of benzene rings is 1. The summed E-state index contributed by atoms with van der Waals surface area (Å²) >= 11 is 0. The fraction of sp³-hybridized carbons (Fsp3) is 0.417. The summed E-state index contributed by atoms with van der Waals surface area (Å²) in [6, 6.07) is 3.15. The van der Waals surface area contributed by atoms with Gasteiger partial charge in [0.2, 0.25) is 0 Å². The Morgan fingerprint density at radius 3 is 2.79 bits per heavy atom. The van der Waals surface area contributed by atoms with Gasteiger partial charge in [-0.3, -0.25) is 4.79 Å². The molecule has 0 heterocycles. The fourth-order valence-corrected chi connectivity index (χ4v) is 2.23. The van der Waals surface area contributed by atoms with Gasteiger partial charge in [0.15, 0.2) is 5.78 Å². The van der Waals surface area contributed by atoms with Gasteiger partial charge in [-0.2, -0.15) is 0 Å². The van der Waals surface area contributed by atoms with Crippen molar-refractivity contribution in [3.63, 3.8) is 0 Å². The molecule has 0 saturated carbocycles. The predicted octanol–water partition coefficient (Wildman–Crippen LogP) is 3.21. The molecule has 0 saturated heterocycles. The second-order valence-electron chi connectivity index (χ2n) is 4.02. The molecule has 0 N–H and O–H groups in total. The second-order valence-corrected chi connectivity index (χ2v) is 4.02. The zero-order valence-corrected chi connectivity index (χ0v) is 8.43. The Morgan fingerprint density at radius 2 is 2.14 bits per heavy atom. The Bertz CT molecular complexity index is 396. The van der Waals surface area contributed by atoms with E-state index in [4.69, 9.17) is 0 Å². The van der Waals surface area contributed by atoms with Crippen LogP contribution in [0.4, 0.5) is 4.39 Å². The minimum atomic E-state index is -0.359. The van der Waals surface area contributed by atoms with E-state index in [0.717, 1.165) is 17.5 Å². The molecule has 2 rings (SSSR count). The molecule has 14 heavy (non-hydrogen) atoms. The highest BCUT2D eigenvalue weighted by Gasteiger charge is 2.26. The number of aryl methyl sites for hydroxylation is 1. The Balaban J connectivity index is 2.71. The van der Waals surface area contributed by atoms with Crippen LogP contribution in [0.2, 0.25) is 0 Å². The summed E-state index contributed by atoms with van der Waals surface area (Å²) in [5, 5.41) is 0. The van der Waals surface area contributed by atoms with E-state index in [0.29, 0.717) is 17.9 Å². The highest BCUT2D eigenvalue weighted by Crippen LogP contribution is 2.34. The van der Waals surface area contributed by atoms with Crippen molar-refractivity contribution in [3.05, 3.63) is 34.6 Å². The average Bonchev–Trinajstić information content (AvgIpc) is 2.16. The molecule has 1 aliphatic carbocycles. The zero-order valence-electron chi connectivity index (χ0n) is 8.43. The van der Waals surface area contributed by atoms with Gasteiger partial charge < -0.3 is 0 Å². The van der Waals surface area contributed by atoms with Gasteiger partial charge in [-0.15, -0.1) is 0 Å². The van der Waals surface area contributed by atoms with Crippen molar-refractivity contribution in [1.82, 2.24) is 0 Å². The zero-order chi connectivity index (χ0) is 10.3. The number of hydrogen-bond donors (Lipinski definition) is 0. The molecule has 1 aromatic carbocycles. The number of carbonyl (C=O) groups excluding carboxylic acids is 1. The van der Waals surface area contributed by atoms with Gasteiger partial charge in [0.25, 0.3) is 0 Å². The Kier molecular flexibility index (Phi) is 2.14. The summed E-state index contributed by atoms with van der Waals surface area (Å²) in [7, 11) is 0. The second kappa shape index (κ2) is 3.19. The number of rotatable bonds is 0. The molecule has 0 radical (unpaired) electrons. The molecule has 0 aromatic heterocycles. The first-order chi connectivity index (χ1) is 6.61. The van der Waals surface area contributed by atoms with Crippen LogP contribution in [0.1, 0.15) is 47.2 Å². The highest BCUT2D eigenvalue weighted by atomic mass is 19.1. The smallest absolute Gasteiger partial charge is 0.166 e. The van der Waals surface area contributed by atoms with E-state index >= 15 is 0 Å². The molecular formula is C12H13FO. The maximum absolute atomic E-state index is 13.5. The molecule has 1 nitrogen and oxygen atoms in total. The van der Waals surface area contributed by atoms with Crippen molar-refractivity contribution >= 4 is 5.78 Å². The van der Waals surface area contributed by atoms with E-state index in [1.165, 1.54) is 6.07 Å². The first kappa shape index (κ1) is 9.38. The lowest BCUT2D eigenvalue weighted by molar-refractivity contribution is 0.0963. The first-order valence-electron chi connectivity index (χ1n) is 4.93. The maximum Gasteiger partial charge on any atom is 0.166 e. The summed E-state index contributed by atoms with van der Waals surface area (Å²) in [6.07, 6.45) is 1.32. The van der Waals surface area contributed by atoms with Gasteiger partial charge in [0.05, 0.1) is 5.56 Å². The van der Waals surface area contributed by atoms with Gasteiger partial charge in [0.1, 0.15) is 5.82 Å². The molecule has 0 fully saturated rings. The number of fused-ring (bicyclic) bond motifs is 1. The molecule has 0 aliphatic heterocycles. The largest absolute Gasteiger partial charge is 0.294 e. The van der Waals surface area contributed by atoms with Crippen molar-refractivity contribution in [3.8, 4) is 0 Å². The molecule has 0 spiro atoms. The third-order valence-corrected chi connectivity index (χ3v) is 2.99. The van der Waals surface area contributed by atoms with Crippen molar-refractivity contribution in [2.45, 2.75) is 32.6 Å². The van der Waals surface area contributed by atoms with Crippen LogP contribution in [-0.2, 0) is 0 Å². The average molecular weight is 192 g/mol. The number of carbonyl (C=O) groups is 1. The Morgan fingerprint density at radius 1 is 1.43 bits per heavy atom. The fourth-order valence-electron chi connectivity index (χ4n) is 2.23. The van der Waals surface area contributed by atoms with E-state index in [1.807, 2.05) is 6.92 Å². The predicted molar refractivity (Wildman–Crippen MR) is 53.1 cm³/mol. The molecule has 1 unspecified atom stereocenters. The monoisotopic (exact) mass is 192 g/mol. The molecule has 1 aliphatic rings. The van der Waals surface area contributed by atoms with E-state index < -0.39 is 0 Å². The van der Waals surface area contributed by atoms with Crippen molar-refractivity contribution in [2.75, 3.05) is 0 Å². The van der Waals surface area contributed by atoms with Crippen LogP contribution in [0, 0.1) is 12.7 Å². The van der Waals surface area contributed by atoms with E-state index in [-0.39, 0.29) is 11.6 Å². The van der Waals surface area contributed by atoms with Crippen molar-refractivity contribution < 1.29 is 9.18 Å². The minimum absolute atomic E-state index is 0.0423. The van der Waals surface area contributed by atoms with Crippen LogP contribution in [0.25, 0.3) is 0 Å². The number of ketones is 1. The van der Waals surface area contributed by atoms with Gasteiger partial charge in [-0.05, 0) is 36.5 Å². The normalized spacial score (nSPS) is 20.8. The van der Waals surface area contributed by atoms with E-state index in [1.54, 1.807) is 6.07 Å². The maximum atomic E-state index is 13.5. The SMILES string of the molecule is Cc1ccc(F)c2c1C(C)CCC2=O. The van der Waals surface area contributed by atoms with Gasteiger partial charge in [-0.1, -0.05) is 13.0 Å². The topological polar surface area (TPSA) is 17.1 Å². The van der Waals surface area contributed by atoms with E-state index in [2.05, 4.69) is 6.92 Å². The van der Waals surface area contributed by atoms with Crippen LogP contribution < -0.4 is 0 Å². The summed E-state index contributed by atoms with van der Waals surface area (Å²) in [5.41, 5.74) is 2.28. The molecular weight excluding hydrogens is 179 g/mol. The van der Waals surface area contributed by atoms with Crippen LogP contribution in [0.3, 0.4) is 0 Å². The number of hydrogen-bond acceptors (Lipinski definition) is 1. The van der Waals surface area contributed by atoms with Crippen LogP contribution in [-0.4, -0.2) is 5.78 Å². The number of halogens is 1. The summed E-state index contributed by atoms with van der Waals surface area (Å²) in [4.78, 5) is 11.6. The summed E-state index contributed by atoms with van der Waals surface area (Å²) < 4.78 is 13.5. The molecule has 1 atom stereocenters. The van der Waals surface area contributed by atoms with Crippen LogP contribution in [0.5, 0.6) is 0 Å². The lowest BCUT2D eigenvalue weighted by Gasteiger charge is -2.23. The third kappa shape index (κ3) is 1.26. The number of Topliss-reactive ketones (excluding diaryl/α,β-unsaturated/α-hetero) is 1. The lowest BCUT2D eigenvalue weighted by Crippen LogP contribution is -2.17. The van der Waals surface area contributed by atoms with Crippen LogP contribution in [0.15, 0.2) is 12.1 Å². The van der Waals surface area contributed by atoms with Gasteiger partial charge in [-0.25, -0.2) is 4.39 Å². The standard InChI is InChI=1S/C12H13FO/c1-7-3-5-9(13)12-10(14)6-4-8(2)11(7)12/h3,5,8H,4,6H2,1-2H3. The van der Waals surface area contributed by atoms with Gasteiger partial charge >= 0.3 is 0 Å². The van der Waals surface area contributed by atoms with Crippen LogP contribution >= 0.6 is 0 Å². The Labute approximate surface area is 82.9 Å². The molecule has 1 aromatic rings. The highest BCUT2D eigenvalue weighted by molar-refractivity contribution is 5.99.